The first-order chi connectivity index (χ1) is 14.4. The number of aromatic nitrogens is 2. The van der Waals surface area contributed by atoms with E-state index >= 15 is 0 Å². The average molecular weight is 672 g/mol. The summed E-state index contributed by atoms with van der Waals surface area (Å²) in [5.41, 5.74) is 0.297. The molecular weight excluding hydrogens is 656 g/mol. The highest BCUT2D eigenvalue weighted by Crippen LogP contribution is 2.27. The number of nitrogens with zero attached hydrogens (tertiary/aromatic N) is 2. The third-order valence-corrected chi connectivity index (χ3v) is 6.10. The zero-order chi connectivity index (χ0) is 21.9. The normalized spacial score (nSPS) is 10.9. The Morgan fingerprint density at radius 3 is 2.17 bits per heavy atom. The van der Waals surface area contributed by atoms with Crippen molar-refractivity contribution in [2.45, 2.75) is 6.10 Å². The first-order valence-electron chi connectivity index (χ1n) is 8.29. The molecule has 1 atom stereocenters. The number of rotatable bonds is 3. The van der Waals surface area contributed by atoms with Gasteiger partial charge in [0.1, 0.15) is 11.9 Å². The molecule has 0 aliphatic carbocycles. The largest absolute Gasteiger partial charge is 0.494 e. The van der Waals surface area contributed by atoms with E-state index in [0.717, 1.165) is 7.14 Å². The zero-order valence-corrected chi connectivity index (χ0v) is 21.5. The van der Waals surface area contributed by atoms with E-state index in [1.54, 1.807) is 42.7 Å². The number of aliphatic hydroxyl groups is 1. The lowest BCUT2D eigenvalue weighted by Crippen LogP contribution is -2.00. The van der Waals surface area contributed by atoms with Gasteiger partial charge in [-0.25, -0.2) is 17.5 Å². The third-order valence-electron chi connectivity index (χ3n) is 3.44. The molecule has 0 saturated heterocycles. The number of halogens is 4. The van der Waals surface area contributed by atoms with Crippen LogP contribution in [0.1, 0.15) is 16.5 Å². The second-order valence-corrected chi connectivity index (χ2v) is 9.50. The van der Waals surface area contributed by atoms with E-state index in [2.05, 4.69) is 53.9 Å². The van der Waals surface area contributed by atoms with Crippen molar-refractivity contribution in [1.29, 1.82) is 0 Å². The fourth-order valence-electron chi connectivity index (χ4n) is 2.05. The number of ether oxygens (including phenoxy) is 1. The Kier molecular flexibility index (Phi) is 11.1. The van der Waals surface area contributed by atoms with Crippen LogP contribution in [0.25, 0.3) is 0 Å². The molecule has 0 radical (unpaired) electrons. The van der Waals surface area contributed by atoms with Gasteiger partial charge < -0.3 is 9.84 Å². The van der Waals surface area contributed by atoms with Gasteiger partial charge in [0.15, 0.2) is 11.6 Å². The quantitative estimate of drug-likeness (QED) is 0.251. The SMILES string of the molecule is COc1cc(I)ccc1F.OC(c1ccns1)c1cc(I)ccc1F.c1cnsc1. The Balaban J connectivity index is 0.000000183. The Morgan fingerprint density at radius 1 is 0.967 bits per heavy atom. The Bertz CT molecular complexity index is 1000. The van der Waals surface area contributed by atoms with Gasteiger partial charge in [-0.3, -0.25) is 0 Å². The summed E-state index contributed by atoms with van der Waals surface area (Å²) in [4.78, 5) is 0.649. The maximum Gasteiger partial charge on any atom is 0.165 e. The van der Waals surface area contributed by atoms with Gasteiger partial charge in [0, 0.05) is 30.5 Å². The van der Waals surface area contributed by atoms with Crippen molar-refractivity contribution in [3.8, 4) is 5.75 Å². The highest BCUT2D eigenvalue weighted by atomic mass is 127. The Morgan fingerprint density at radius 2 is 1.67 bits per heavy atom. The van der Waals surface area contributed by atoms with E-state index in [1.807, 2.05) is 11.4 Å². The fraction of sp³-hybridized carbons (Fsp3) is 0.100. The summed E-state index contributed by atoms with van der Waals surface area (Å²) >= 11 is 6.82. The molecule has 2 aromatic carbocycles. The number of hydrogen-bond acceptors (Lipinski definition) is 6. The van der Waals surface area contributed by atoms with E-state index in [0.29, 0.717) is 16.2 Å². The summed E-state index contributed by atoms with van der Waals surface area (Å²) < 4.78 is 40.3. The van der Waals surface area contributed by atoms with Gasteiger partial charge in [0.2, 0.25) is 0 Å². The van der Waals surface area contributed by atoms with Gasteiger partial charge in [0.25, 0.3) is 0 Å². The molecule has 0 aliphatic rings. The highest BCUT2D eigenvalue weighted by molar-refractivity contribution is 14.1. The minimum Gasteiger partial charge on any atom is -0.494 e. The van der Waals surface area contributed by atoms with Gasteiger partial charge in [-0.15, -0.1) is 0 Å². The third kappa shape index (κ3) is 8.13. The first-order valence-corrected chi connectivity index (χ1v) is 12.1. The van der Waals surface area contributed by atoms with Crippen LogP contribution in [0, 0.1) is 18.8 Å². The fourth-order valence-corrected chi connectivity index (χ4v) is 3.97. The van der Waals surface area contributed by atoms with E-state index in [-0.39, 0.29) is 5.82 Å². The highest BCUT2D eigenvalue weighted by Gasteiger charge is 2.16. The minimum absolute atomic E-state index is 0.297. The van der Waals surface area contributed by atoms with Crippen LogP contribution in [0.2, 0.25) is 0 Å². The summed E-state index contributed by atoms with van der Waals surface area (Å²) in [5, 5.41) is 11.8. The summed E-state index contributed by atoms with van der Waals surface area (Å²) in [6.07, 6.45) is 2.44. The van der Waals surface area contributed by atoms with Crippen LogP contribution < -0.4 is 4.74 Å². The van der Waals surface area contributed by atoms with Crippen LogP contribution >= 0.6 is 68.2 Å². The van der Waals surface area contributed by atoms with E-state index in [4.69, 9.17) is 4.74 Å². The molecule has 4 rings (SSSR count). The number of hydrogen-bond donors (Lipinski definition) is 1. The van der Waals surface area contributed by atoms with Crippen LogP contribution in [-0.4, -0.2) is 21.0 Å². The summed E-state index contributed by atoms with van der Waals surface area (Å²) in [6, 6.07) is 13.0. The average Bonchev–Trinajstić information content (AvgIpc) is 3.48. The Hall–Kier alpha value is -1.22. The molecule has 30 heavy (non-hydrogen) atoms. The van der Waals surface area contributed by atoms with Gasteiger partial charge in [0.05, 0.1) is 12.0 Å². The van der Waals surface area contributed by atoms with Crippen molar-refractivity contribution in [3.63, 3.8) is 0 Å². The van der Waals surface area contributed by atoms with Gasteiger partial charge in [-0.2, -0.15) is 0 Å². The molecule has 0 spiro atoms. The molecule has 0 amide bonds. The summed E-state index contributed by atoms with van der Waals surface area (Å²) in [7, 11) is 1.45. The predicted octanol–water partition coefficient (Wildman–Crippen LogP) is 6.55. The minimum atomic E-state index is -0.924. The monoisotopic (exact) mass is 672 g/mol. The smallest absolute Gasteiger partial charge is 0.165 e. The lowest BCUT2D eigenvalue weighted by Gasteiger charge is -2.09. The predicted molar refractivity (Wildman–Crippen MR) is 133 cm³/mol. The lowest BCUT2D eigenvalue weighted by molar-refractivity contribution is 0.218. The van der Waals surface area contributed by atoms with Crippen LogP contribution in [0.5, 0.6) is 5.75 Å². The van der Waals surface area contributed by atoms with Crippen LogP contribution in [0.15, 0.2) is 66.3 Å². The maximum atomic E-state index is 13.4. The van der Waals surface area contributed by atoms with Crippen molar-refractivity contribution in [2.24, 2.45) is 0 Å². The number of benzene rings is 2. The topological polar surface area (TPSA) is 55.2 Å². The first kappa shape index (κ1) is 25.0. The van der Waals surface area contributed by atoms with Crippen molar-refractivity contribution in [1.82, 2.24) is 8.75 Å². The van der Waals surface area contributed by atoms with Gasteiger partial charge in [-0.1, -0.05) is 0 Å². The van der Waals surface area contributed by atoms with Gasteiger partial charge in [-0.05, 0) is 117 Å². The van der Waals surface area contributed by atoms with Crippen LogP contribution in [0.4, 0.5) is 8.78 Å². The molecule has 2 heterocycles. The number of methoxy groups -OCH3 is 1. The van der Waals surface area contributed by atoms with E-state index in [9.17, 15) is 13.9 Å². The van der Waals surface area contributed by atoms with Crippen molar-refractivity contribution >= 4 is 68.2 Å². The molecule has 1 N–H and O–H groups in total. The van der Waals surface area contributed by atoms with Gasteiger partial charge >= 0.3 is 0 Å². The van der Waals surface area contributed by atoms with Crippen molar-refractivity contribution in [2.75, 3.05) is 7.11 Å². The molecule has 0 saturated carbocycles. The summed E-state index contributed by atoms with van der Waals surface area (Å²) in [5.74, 6) is -0.411. The van der Waals surface area contributed by atoms with Crippen molar-refractivity contribution in [3.05, 3.63) is 95.5 Å². The van der Waals surface area contributed by atoms with E-state index in [1.165, 1.54) is 42.3 Å². The lowest BCUT2D eigenvalue weighted by atomic mass is 10.1. The molecule has 4 aromatic rings. The molecule has 4 nitrogen and oxygen atoms in total. The van der Waals surface area contributed by atoms with E-state index < -0.39 is 11.9 Å². The Labute approximate surface area is 208 Å². The molecule has 0 fully saturated rings. The maximum absolute atomic E-state index is 13.4. The standard InChI is InChI=1S/C10H7FINOS.C7H6FIO.C3H3NS/c11-8-2-1-6(12)5-7(8)10(14)9-3-4-13-15-9;1-10-7-4-5(9)2-3-6(7)8;1-2-4-5-3-1/h1-5,10,14H;2-4H,1H3;1-3H. The van der Waals surface area contributed by atoms with Crippen LogP contribution in [0.3, 0.4) is 0 Å². The second-order valence-electron chi connectivity index (χ2n) is 5.45. The molecule has 158 valence electrons. The molecule has 0 bridgehead atoms. The second kappa shape index (κ2) is 13.2. The summed E-state index contributed by atoms with van der Waals surface area (Å²) in [6.45, 7) is 0. The van der Waals surface area contributed by atoms with Crippen LogP contribution in [-0.2, 0) is 0 Å². The zero-order valence-electron chi connectivity index (χ0n) is 15.5. The number of aliphatic hydroxyl groups excluding tert-OH is 1. The molecule has 10 heteroatoms. The molecular formula is C20H16F2I2N2O2S2. The molecule has 1 unspecified atom stereocenters. The molecule has 2 aromatic heterocycles. The van der Waals surface area contributed by atoms with Crippen molar-refractivity contribution < 1.29 is 18.6 Å². The molecule has 0 aliphatic heterocycles.